The second kappa shape index (κ2) is 5.32. The van der Waals surface area contributed by atoms with Gasteiger partial charge in [0.2, 0.25) is 0 Å². The van der Waals surface area contributed by atoms with Gasteiger partial charge in [-0.05, 0) is 5.92 Å². The Balaban J connectivity index is 1.92. The molecule has 0 radical (unpaired) electrons. The molecular weight excluding hydrogens is 280 g/mol. The lowest BCUT2D eigenvalue weighted by Crippen LogP contribution is -2.33. The van der Waals surface area contributed by atoms with Gasteiger partial charge in [-0.3, -0.25) is 4.79 Å². The van der Waals surface area contributed by atoms with Crippen molar-refractivity contribution >= 4 is 11.6 Å². The smallest absolute Gasteiger partial charge is 0.257 e. The van der Waals surface area contributed by atoms with Gasteiger partial charge in [-0.2, -0.15) is 5.10 Å². The lowest BCUT2D eigenvalue weighted by atomic mass is 10.0. The highest BCUT2D eigenvalue weighted by molar-refractivity contribution is 6.00. The van der Waals surface area contributed by atoms with Crippen LogP contribution in [0.1, 0.15) is 36.1 Å². The summed E-state index contributed by atoms with van der Waals surface area (Å²) in [4.78, 5) is 17.0. The maximum absolute atomic E-state index is 12.7. The first kappa shape index (κ1) is 14.4. The molecule has 3 aromatic heterocycles. The molecule has 3 heterocycles. The lowest BCUT2D eigenvalue weighted by Gasteiger charge is -2.21. The number of nitrogens with zero attached hydrogens (tertiary/aromatic N) is 5. The maximum atomic E-state index is 12.7. The van der Waals surface area contributed by atoms with Crippen molar-refractivity contribution in [2.24, 2.45) is 20.0 Å². The van der Waals surface area contributed by atoms with E-state index in [9.17, 15) is 4.79 Å². The second-order valence-electron chi connectivity index (χ2n) is 5.83. The molecule has 0 aliphatic rings. The molecule has 0 aliphatic heterocycles. The van der Waals surface area contributed by atoms with E-state index in [0.717, 1.165) is 11.5 Å². The van der Waals surface area contributed by atoms with Gasteiger partial charge in [-0.1, -0.05) is 13.8 Å². The first-order valence-electron chi connectivity index (χ1n) is 7.25. The van der Waals surface area contributed by atoms with Gasteiger partial charge in [0.15, 0.2) is 0 Å². The fourth-order valence-electron chi connectivity index (χ4n) is 2.64. The Morgan fingerprint density at radius 1 is 1.18 bits per heavy atom. The molecule has 0 saturated heterocycles. The van der Waals surface area contributed by atoms with Crippen molar-refractivity contribution in [3.63, 3.8) is 0 Å². The zero-order valence-electron chi connectivity index (χ0n) is 13.2. The third-order valence-corrected chi connectivity index (χ3v) is 3.87. The molecule has 0 saturated carbocycles. The van der Waals surface area contributed by atoms with Gasteiger partial charge in [0, 0.05) is 38.9 Å². The van der Waals surface area contributed by atoms with Crippen LogP contribution < -0.4 is 5.32 Å². The monoisotopic (exact) mass is 300 g/mol. The minimum atomic E-state index is -0.150. The molecule has 22 heavy (non-hydrogen) atoms. The summed E-state index contributed by atoms with van der Waals surface area (Å²) in [6.07, 6.45) is 8.92. The predicted octanol–water partition coefficient (Wildman–Crippen LogP) is 1.53. The van der Waals surface area contributed by atoms with Crippen molar-refractivity contribution < 1.29 is 4.79 Å². The molecule has 3 rings (SSSR count). The van der Waals surface area contributed by atoms with E-state index in [-0.39, 0.29) is 17.9 Å². The van der Waals surface area contributed by atoms with E-state index in [2.05, 4.69) is 29.2 Å². The Bertz CT molecular complexity index is 809. The molecule has 0 aromatic carbocycles. The van der Waals surface area contributed by atoms with Crippen LogP contribution in [0.25, 0.3) is 5.65 Å². The number of amides is 1. The van der Waals surface area contributed by atoms with Crippen LogP contribution in [0.2, 0.25) is 0 Å². The minimum absolute atomic E-state index is 0.140. The predicted molar refractivity (Wildman–Crippen MR) is 82.4 cm³/mol. The maximum Gasteiger partial charge on any atom is 0.257 e. The van der Waals surface area contributed by atoms with E-state index in [1.807, 2.05) is 41.8 Å². The number of imidazole rings is 2. The van der Waals surface area contributed by atoms with Gasteiger partial charge in [0.25, 0.3) is 5.91 Å². The van der Waals surface area contributed by atoms with Crippen LogP contribution in [0.5, 0.6) is 0 Å². The molecule has 0 unspecified atom stereocenters. The molecule has 3 aromatic rings. The van der Waals surface area contributed by atoms with Gasteiger partial charge < -0.3 is 14.5 Å². The number of nitrogens with one attached hydrogen (secondary N) is 1. The molecule has 0 bridgehead atoms. The summed E-state index contributed by atoms with van der Waals surface area (Å²) in [6.45, 7) is 4.13. The Morgan fingerprint density at radius 2 is 1.95 bits per heavy atom. The number of aryl methyl sites for hydroxylation is 2. The highest BCUT2D eigenvalue weighted by Gasteiger charge is 2.24. The number of aromatic nitrogens is 5. The summed E-state index contributed by atoms with van der Waals surface area (Å²) in [5.74, 6) is 0.932. The normalized spacial score (nSPS) is 13.0. The van der Waals surface area contributed by atoms with Crippen molar-refractivity contribution in [3.05, 3.63) is 42.4 Å². The summed E-state index contributed by atoms with van der Waals surface area (Å²) in [5.41, 5.74) is 1.34. The average Bonchev–Trinajstić information content (AvgIpc) is 3.14. The third-order valence-electron chi connectivity index (χ3n) is 3.87. The van der Waals surface area contributed by atoms with Crippen molar-refractivity contribution in [2.75, 3.05) is 0 Å². The molecule has 7 nitrogen and oxygen atoms in total. The Morgan fingerprint density at radius 3 is 2.59 bits per heavy atom. The summed E-state index contributed by atoms with van der Waals surface area (Å²) in [6, 6.07) is -0.150. The van der Waals surface area contributed by atoms with Gasteiger partial charge in [-0.25, -0.2) is 9.50 Å². The molecule has 1 N–H and O–H groups in total. The van der Waals surface area contributed by atoms with Crippen molar-refractivity contribution in [3.8, 4) is 0 Å². The van der Waals surface area contributed by atoms with Gasteiger partial charge in [0.1, 0.15) is 17.0 Å². The van der Waals surface area contributed by atoms with Gasteiger partial charge in [-0.15, -0.1) is 0 Å². The minimum Gasteiger partial charge on any atom is -0.342 e. The number of rotatable bonds is 4. The summed E-state index contributed by atoms with van der Waals surface area (Å²) < 4.78 is 5.51. The first-order chi connectivity index (χ1) is 10.5. The highest BCUT2D eigenvalue weighted by atomic mass is 16.1. The molecule has 116 valence electrons. The topological polar surface area (TPSA) is 69.2 Å². The van der Waals surface area contributed by atoms with Crippen molar-refractivity contribution in [1.29, 1.82) is 0 Å². The van der Waals surface area contributed by atoms with E-state index in [4.69, 9.17) is 0 Å². The standard InChI is InChI=1S/C15H20N6O/c1-10(2)12(13-16-5-6-19(13)3)18-14(22)11-9-17-21-8-7-20(4)15(11)21/h5-10,12H,1-4H3,(H,18,22)/t12-/m0/s1. The SMILES string of the molecule is CC(C)[C@H](NC(=O)c1cnn2ccn(C)c12)c1nccn1C. The summed E-state index contributed by atoms with van der Waals surface area (Å²) in [7, 11) is 3.83. The van der Waals surface area contributed by atoms with E-state index in [0.29, 0.717) is 5.56 Å². The zero-order valence-corrected chi connectivity index (χ0v) is 13.2. The molecule has 0 spiro atoms. The second-order valence-corrected chi connectivity index (χ2v) is 5.83. The Hall–Kier alpha value is -2.57. The van der Waals surface area contributed by atoms with Crippen LogP contribution in [0, 0.1) is 5.92 Å². The molecule has 7 heteroatoms. The number of hydrogen-bond donors (Lipinski definition) is 1. The largest absolute Gasteiger partial charge is 0.342 e. The summed E-state index contributed by atoms with van der Waals surface area (Å²) >= 11 is 0. The molecule has 0 fully saturated rings. The van der Waals surface area contributed by atoms with Crippen LogP contribution >= 0.6 is 0 Å². The number of hydrogen-bond acceptors (Lipinski definition) is 3. The van der Waals surface area contributed by atoms with E-state index in [1.165, 1.54) is 0 Å². The average molecular weight is 300 g/mol. The highest BCUT2D eigenvalue weighted by Crippen LogP contribution is 2.21. The summed E-state index contributed by atoms with van der Waals surface area (Å²) in [5, 5.41) is 7.29. The van der Waals surface area contributed by atoms with Crippen LogP contribution in [0.3, 0.4) is 0 Å². The van der Waals surface area contributed by atoms with Crippen molar-refractivity contribution in [2.45, 2.75) is 19.9 Å². The van der Waals surface area contributed by atoms with Gasteiger partial charge in [0.05, 0.1) is 12.2 Å². The van der Waals surface area contributed by atoms with Crippen LogP contribution in [0.15, 0.2) is 31.0 Å². The van der Waals surface area contributed by atoms with Crippen molar-refractivity contribution in [1.82, 2.24) is 29.0 Å². The third kappa shape index (κ3) is 2.28. The number of carbonyl (C=O) groups excluding carboxylic acids is 1. The lowest BCUT2D eigenvalue weighted by molar-refractivity contribution is 0.0923. The number of fused-ring (bicyclic) bond motifs is 1. The van der Waals surface area contributed by atoms with E-state index < -0.39 is 0 Å². The Kier molecular flexibility index (Phi) is 3.48. The molecule has 1 amide bonds. The molecule has 0 aliphatic carbocycles. The molecular formula is C15H20N6O. The fraction of sp³-hybridized carbons (Fsp3) is 0.400. The zero-order chi connectivity index (χ0) is 15.9. The van der Waals surface area contributed by atoms with Gasteiger partial charge >= 0.3 is 0 Å². The fourth-order valence-corrected chi connectivity index (χ4v) is 2.64. The number of carbonyl (C=O) groups is 1. The first-order valence-corrected chi connectivity index (χ1v) is 7.25. The Labute approximate surface area is 128 Å². The van der Waals surface area contributed by atoms with E-state index >= 15 is 0 Å². The quantitative estimate of drug-likeness (QED) is 0.794. The van der Waals surface area contributed by atoms with E-state index in [1.54, 1.807) is 16.9 Å². The molecule has 1 atom stereocenters. The van der Waals surface area contributed by atoms with Crippen LogP contribution in [-0.2, 0) is 14.1 Å². The van der Waals surface area contributed by atoms with Crippen LogP contribution in [-0.4, -0.2) is 29.6 Å². The van der Waals surface area contributed by atoms with Crippen LogP contribution in [0.4, 0.5) is 0 Å².